The first kappa shape index (κ1) is 10.8. The summed E-state index contributed by atoms with van der Waals surface area (Å²) >= 11 is 5.78. The van der Waals surface area contributed by atoms with E-state index in [9.17, 15) is 4.79 Å². The van der Waals surface area contributed by atoms with Gasteiger partial charge in [0, 0.05) is 5.02 Å². The van der Waals surface area contributed by atoms with Crippen LogP contribution in [0.5, 0.6) is 0 Å². The largest absolute Gasteiger partial charge is 0.481 e. The van der Waals surface area contributed by atoms with Crippen LogP contribution in [0.15, 0.2) is 24.3 Å². The van der Waals surface area contributed by atoms with Crippen LogP contribution in [0.4, 0.5) is 0 Å². The van der Waals surface area contributed by atoms with Gasteiger partial charge in [0.2, 0.25) is 0 Å². The Kier molecular flexibility index (Phi) is 3.72. The summed E-state index contributed by atoms with van der Waals surface area (Å²) in [5.41, 5.74) is 2.04. The number of hydrogen-bond donors (Lipinski definition) is 1. The summed E-state index contributed by atoms with van der Waals surface area (Å²) in [4.78, 5) is 10.3. The predicted molar refractivity (Wildman–Crippen MR) is 57.5 cm³/mol. The van der Waals surface area contributed by atoms with Gasteiger partial charge < -0.3 is 5.11 Å². The van der Waals surface area contributed by atoms with Crippen LogP contribution in [0.25, 0.3) is 6.08 Å². The molecule has 0 bridgehead atoms. The van der Waals surface area contributed by atoms with Gasteiger partial charge in [0.25, 0.3) is 0 Å². The van der Waals surface area contributed by atoms with E-state index in [-0.39, 0.29) is 6.42 Å². The number of carboxylic acids is 1. The molecule has 0 fully saturated rings. The summed E-state index contributed by atoms with van der Waals surface area (Å²) in [5, 5.41) is 9.13. The van der Waals surface area contributed by atoms with Crippen LogP contribution < -0.4 is 0 Å². The highest BCUT2D eigenvalue weighted by Gasteiger charge is 1.95. The molecule has 0 atom stereocenters. The summed E-state index contributed by atoms with van der Waals surface area (Å²) in [6.07, 6.45) is 3.46. The van der Waals surface area contributed by atoms with E-state index in [1.807, 2.05) is 19.1 Å². The second kappa shape index (κ2) is 4.82. The summed E-state index contributed by atoms with van der Waals surface area (Å²) in [6, 6.07) is 5.51. The SMILES string of the molecule is Cc1cc(Cl)ccc1C=CCC(=O)O. The standard InChI is InChI=1S/C11H11ClO2/c1-8-7-10(12)6-5-9(8)3-2-4-11(13)14/h2-3,5-7H,4H2,1H3,(H,13,14). The van der Waals surface area contributed by atoms with Crippen LogP contribution in [0.1, 0.15) is 17.5 Å². The highest BCUT2D eigenvalue weighted by Crippen LogP contribution is 2.16. The van der Waals surface area contributed by atoms with Crippen molar-refractivity contribution in [2.45, 2.75) is 13.3 Å². The van der Waals surface area contributed by atoms with Gasteiger partial charge >= 0.3 is 5.97 Å². The summed E-state index contributed by atoms with van der Waals surface area (Å²) in [6.45, 7) is 1.94. The summed E-state index contributed by atoms with van der Waals surface area (Å²) in [7, 11) is 0. The topological polar surface area (TPSA) is 37.3 Å². The molecule has 0 amide bonds. The Balaban J connectivity index is 2.76. The Hall–Kier alpha value is -1.28. The number of rotatable bonds is 3. The molecule has 0 saturated heterocycles. The van der Waals surface area contributed by atoms with E-state index in [4.69, 9.17) is 16.7 Å². The van der Waals surface area contributed by atoms with E-state index in [2.05, 4.69) is 0 Å². The second-order valence-electron chi connectivity index (χ2n) is 3.00. The Morgan fingerprint density at radius 1 is 1.57 bits per heavy atom. The van der Waals surface area contributed by atoms with Gasteiger partial charge in [-0.05, 0) is 30.2 Å². The van der Waals surface area contributed by atoms with Crippen molar-refractivity contribution in [2.75, 3.05) is 0 Å². The third-order valence-corrected chi connectivity index (χ3v) is 2.06. The lowest BCUT2D eigenvalue weighted by atomic mass is 10.1. The monoisotopic (exact) mass is 210 g/mol. The van der Waals surface area contributed by atoms with Crippen LogP contribution >= 0.6 is 11.6 Å². The zero-order valence-corrected chi connectivity index (χ0v) is 8.58. The molecule has 0 aliphatic heterocycles. The molecule has 74 valence electrons. The van der Waals surface area contributed by atoms with E-state index in [1.54, 1.807) is 18.2 Å². The fourth-order valence-corrected chi connectivity index (χ4v) is 1.34. The number of aryl methyl sites for hydroxylation is 1. The van der Waals surface area contributed by atoms with Gasteiger partial charge in [-0.15, -0.1) is 0 Å². The van der Waals surface area contributed by atoms with Crippen molar-refractivity contribution in [3.63, 3.8) is 0 Å². The smallest absolute Gasteiger partial charge is 0.307 e. The molecule has 1 N–H and O–H groups in total. The minimum atomic E-state index is -0.826. The third kappa shape index (κ3) is 3.23. The molecule has 0 radical (unpaired) electrons. The first-order valence-electron chi connectivity index (χ1n) is 4.24. The maximum atomic E-state index is 10.3. The molecule has 3 heteroatoms. The predicted octanol–water partition coefficient (Wildman–Crippen LogP) is 3.14. The number of benzene rings is 1. The first-order chi connectivity index (χ1) is 6.59. The molecule has 0 saturated carbocycles. The third-order valence-electron chi connectivity index (χ3n) is 1.82. The van der Waals surface area contributed by atoms with Gasteiger partial charge in [-0.25, -0.2) is 0 Å². The van der Waals surface area contributed by atoms with Gasteiger partial charge in [-0.1, -0.05) is 29.8 Å². The normalized spacial score (nSPS) is 10.7. The average Bonchev–Trinajstić information content (AvgIpc) is 2.08. The lowest BCUT2D eigenvalue weighted by Gasteiger charge is -1.99. The van der Waals surface area contributed by atoms with Gasteiger partial charge in [-0.3, -0.25) is 4.79 Å². The van der Waals surface area contributed by atoms with Crippen molar-refractivity contribution in [1.82, 2.24) is 0 Å². The van der Waals surface area contributed by atoms with Crippen molar-refractivity contribution >= 4 is 23.6 Å². The molecule has 0 aliphatic rings. The maximum Gasteiger partial charge on any atom is 0.307 e. The highest BCUT2D eigenvalue weighted by atomic mass is 35.5. The van der Waals surface area contributed by atoms with Gasteiger partial charge in [0.15, 0.2) is 0 Å². The number of halogens is 1. The molecule has 0 spiro atoms. The summed E-state index contributed by atoms with van der Waals surface area (Å²) in [5.74, 6) is -0.826. The lowest BCUT2D eigenvalue weighted by molar-refractivity contribution is -0.135. The Morgan fingerprint density at radius 3 is 2.86 bits per heavy atom. The highest BCUT2D eigenvalue weighted by molar-refractivity contribution is 6.30. The molecule has 1 aromatic rings. The minimum absolute atomic E-state index is 0.0437. The molecular weight excluding hydrogens is 200 g/mol. The fourth-order valence-electron chi connectivity index (χ4n) is 1.11. The molecule has 14 heavy (non-hydrogen) atoms. The van der Waals surface area contributed by atoms with Crippen LogP contribution in [0.2, 0.25) is 5.02 Å². The number of hydrogen-bond acceptors (Lipinski definition) is 1. The van der Waals surface area contributed by atoms with Crippen molar-refractivity contribution < 1.29 is 9.90 Å². The van der Waals surface area contributed by atoms with Crippen molar-refractivity contribution in [3.8, 4) is 0 Å². The van der Waals surface area contributed by atoms with Gasteiger partial charge in [-0.2, -0.15) is 0 Å². The quantitative estimate of drug-likeness (QED) is 0.832. The zero-order valence-electron chi connectivity index (χ0n) is 7.83. The maximum absolute atomic E-state index is 10.3. The summed E-state index contributed by atoms with van der Waals surface area (Å²) < 4.78 is 0. The lowest BCUT2D eigenvalue weighted by Crippen LogP contribution is -1.89. The molecule has 1 rings (SSSR count). The minimum Gasteiger partial charge on any atom is -0.481 e. The molecule has 0 unspecified atom stereocenters. The van der Waals surface area contributed by atoms with E-state index in [1.165, 1.54) is 0 Å². The molecule has 2 nitrogen and oxygen atoms in total. The molecule has 0 aromatic heterocycles. The molecule has 0 aliphatic carbocycles. The van der Waals surface area contributed by atoms with Crippen LogP contribution in [0.3, 0.4) is 0 Å². The Bertz CT molecular complexity index is 370. The molecule has 1 aromatic carbocycles. The van der Waals surface area contributed by atoms with E-state index < -0.39 is 5.97 Å². The Morgan fingerprint density at radius 2 is 2.29 bits per heavy atom. The Labute approximate surface area is 87.8 Å². The van der Waals surface area contributed by atoms with Crippen molar-refractivity contribution in [1.29, 1.82) is 0 Å². The average molecular weight is 211 g/mol. The number of carbonyl (C=O) groups is 1. The zero-order chi connectivity index (χ0) is 10.6. The van der Waals surface area contributed by atoms with Gasteiger partial charge in [0.05, 0.1) is 6.42 Å². The van der Waals surface area contributed by atoms with Crippen LogP contribution in [-0.2, 0) is 4.79 Å². The van der Waals surface area contributed by atoms with E-state index in [0.717, 1.165) is 11.1 Å². The van der Waals surface area contributed by atoms with E-state index >= 15 is 0 Å². The van der Waals surface area contributed by atoms with Crippen molar-refractivity contribution in [3.05, 3.63) is 40.4 Å². The molecular formula is C11H11ClO2. The fraction of sp³-hybridized carbons (Fsp3) is 0.182. The number of carboxylic acid groups (broad SMARTS) is 1. The number of aliphatic carboxylic acids is 1. The van der Waals surface area contributed by atoms with Crippen molar-refractivity contribution in [2.24, 2.45) is 0 Å². The van der Waals surface area contributed by atoms with Crippen LogP contribution in [-0.4, -0.2) is 11.1 Å². The first-order valence-corrected chi connectivity index (χ1v) is 4.62. The van der Waals surface area contributed by atoms with Crippen LogP contribution in [0, 0.1) is 6.92 Å². The molecule has 0 heterocycles. The second-order valence-corrected chi connectivity index (χ2v) is 3.44. The van der Waals surface area contributed by atoms with Gasteiger partial charge in [0.1, 0.15) is 0 Å². The van der Waals surface area contributed by atoms with E-state index in [0.29, 0.717) is 5.02 Å².